The Morgan fingerprint density at radius 1 is 1.19 bits per heavy atom. The van der Waals surface area contributed by atoms with Crippen LogP contribution in [0, 0.1) is 11.8 Å². The zero-order valence-corrected chi connectivity index (χ0v) is 12.1. The first-order chi connectivity index (χ1) is 10.2. The molecule has 2 saturated heterocycles. The maximum Gasteiger partial charge on any atom is 0.250 e. The second-order valence-electron chi connectivity index (χ2n) is 5.40. The standard InChI is InChI=1S/C17H18N2O2/c1-2-3-11-19-15(13-8-5-4-6-9-13)17(21)18-12-7-10-14(18)16(19)20/h4-6,8-9,14-15H,7,10-12H2,1H3. The van der Waals surface area contributed by atoms with Gasteiger partial charge in [0.05, 0.1) is 6.54 Å². The molecule has 1 aromatic carbocycles. The van der Waals surface area contributed by atoms with E-state index >= 15 is 0 Å². The molecule has 2 heterocycles. The molecule has 21 heavy (non-hydrogen) atoms. The van der Waals surface area contributed by atoms with E-state index in [2.05, 4.69) is 11.8 Å². The van der Waals surface area contributed by atoms with Crippen molar-refractivity contribution in [1.29, 1.82) is 0 Å². The van der Waals surface area contributed by atoms with Gasteiger partial charge in [-0.3, -0.25) is 9.59 Å². The van der Waals surface area contributed by atoms with Gasteiger partial charge in [-0.25, -0.2) is 0 Å². The Labute approximate surface area is 124 Å². The van der Waals surface area contributed by atoms with E-state index in [0.29, 0.717) is 13.1 Å². The second kappa shape index (κ2) is 5.61. The molecule has 0 aromatic heterocycles. The molecule has 1 aromatic rings. The van der Waals surface area contributed by atoms with Crippen LogP contribution in [0.2, 0.25) is 0 Å². The molecule has 2 aliphatic rings. The smallest absolute Gasteiger partial charge is 0.250 e. The number of rotatable bonds is 2. The maximum atomic E-state index is 12.8. The van der Waals surface area contributed by atoms with Crippen LogP contribution in [0.15, 0.2) is 30.3 Å². The number of amides is 2. The average Bonchev–Trinajstić information content (AvgIpc) is 3.00. The van der Waals surface area contributed by atoms with Gasteiger partial charge in [0.2, 0.25) is 5.91 Å². The van der Waals surface area contributed by atoms with Gasteiger partial charge in [-0.05, 0) is 25.3 Å². The summed E-state index contributed by atoms with van der Waals surface area (Å²) in [4.78, 5) is 28.9. The number of fused-ring (bicyclic) bond motifs is 1. The summed E-state index contributed by atoms with van der Waals surface area (Å²) in [7, 11) is 0. The predicted molar refractivity (Wildman–Crippen MR) is 79.1 cm³/mol. The van der Waals surface area contributed by atoms with Crippen LogP contribution in [0.3, 0.4) is 0 Å². The lowest BCUT2D eigenvalue weighted by Crippen LogP contribution is -2.58. The number of carbonyl (C=O) groups excluding carboxylic acids is 2. The van der Waals surface area contributed by atoms with Crippen molar-refractivity contribution in [2.75, 3.05) is 13.1 Å². The van der Waals surface area contributed by atoms with Gasteiger partial charge in [-0.1, -0.05) is 36.3 Å². The van der Waals surface area contributed by atoms with Crippen LogP contribution >= 0.6 is 0 Å². The van der Waals surface area contributed by atoms with E-state index in [4.69, 9.17) is 0 Å². The van der Waals surface area contributed by atoms with Crippen molar-refractivity contribution >= 4 is 11.8 Å². The van der Waals surface area contributed by atoms with Crippen molar-refractivity contribution < 1.29 is 9.59 Å². The van der Waals surface area contributed by atoms with Crippen molar-refractivity contribution in [3.63, 3.8) is 0 Å². The van der Waals surface area contributed by atoms with E-state index in [1.165, 1.54) is 0 Å². The lowest BCUT2D eigenvalue weighted by Gasteiger charge is -2.41. The first-order valence-electron chi connectivity index (χ1n) is 7.29. The van der Waals surface area contributed by atoms with Crippen LogP contribution in [-0.4, -0.2) is 40.7 Å². The van der Waals surface area contributed by atoms with Crippen molar-refractivity contribution in [2.24, 2.45) is 0 Å². The van der Waals surface area contributed by atoms with Crippen LogP contribution in [0.1, 0.15) is 31.4 Å². The lowest BCUT2D eigenvalue weighted by atomic mass is 9.98. The van der Waals surface area contributed by atoms with Gasteiger partial charge < -0.3 is 9.80 Å². The minimum absolute atomic E-state index is 0.0289. The van der Waals surface area contributed by atoms with Crippen LogP contribution in [0.5, 0.6) is 0 Å². The molecule has 4 heteroatoms. The number of hydrogen-bond acceptors (Lipinski definition) is 2. The van der Waals surface area contributed by atoms with Gasteiger partial charge in [0.25, 0.3) is 5.91 Å². The second-order valence-corrected chi connectivity index (χ2v) is 5.40. The summed E-state index contributed by atoms with van der Waals surface area (Å²) in [6.45, 7) is 2.74. The molecule has 0 radical (unpaired) electrons. The van der Waals surface area contributed by atoms with Gasteiger partial charge in [-0.2, -0.15) is 0 Å². The number of carbonyl (C=O) groups is 2. The summed E-state index contributed by atoms with van der Waals surface area (Å²) in [6.07, 6.45) is 1.67. The maximum absolute atomic E-state index is 12.8. The third kappa shape index (κ3) is 2.29. The normalized spacial score (nSPS) is 24.6. The van der Waals surface area contributed by atoms with E-state index in [-0.39, 0.29) is 17.9 Å². The molecule has 0 N–H and O–H groups in total. The summed E-state index contributed by atoms with van der Waals surface area (Å²) in [5, 5.41) is 0. The topological polar surface area (TPSA) is 40.6 Å². The fraction of sp³-hybridized carbons (Fsp3) is 0.412. The Kier molecular flexibility index (Phi) is 3.66. The number of piperazine rings is 1. The molecule has 108 valence electrons. The zero-order valence-electron chi connectivity index (χ0n) is 12.1. The zero-order chi connectivity index (χ0) is 14.8. The molecular weight excluding hydrogens is 264 g/mol. The molecule has 2 atom stereocenters. The summed E-state index contributed by atoms with van der Waals surface area (Å²) in [5.41, 5.74) is 0.860. The monoisotopic (exact) mass is 282 g/mol. The van der Waals surface area contributed by atoms with Crippen LogP contribution in [0.25, 0.3) is 0 Å². The minimum atomic E-state index is -0.533. The quantitative estimate of drug-likeness (QED) is 0.773. The number of nitrogens with zero attached hydrogens (tertiary/aromatic N) is 2. The molecular formula is C17H18N2O2. The molecule has 2 aliphatic heterocycles. The first-order valence-corrected chi connectivity index (χ1v) is 7.29. The number of hydrogen-bond donors (Lipinski definition) is 0. The van der Waals surface area contributed by atoms with E-state index < -0.39 is 6.04 Å². The molecule has 4 nitrogen and oxygen atoms in total. The highest BCUT2D eigenvalue weighted by molar-refractivity contribution is 5.98. The van der Waals surface area contributed by atoms with E-state index in [1.807, 2.05) is 30.3 Å². The highest BCUT2D eigenvalue weighted by atomic mass is 16.2. The fourth-order valence-electron chi connectivity index (χ4n) is 3.19. The van der Waals surface area contributed by atoms with E-state index in [1.54, 1.807) is 16.7 Å². The van der Waals surface area contributed by atoms with Crippen molar-refractivity contribution in [3.05, 3.63) is 35.9 Å². The summed E-state index contributed by atoms with van der Waals surface area (Å²) in [5.74, 6) is 5.81. The molecule has 0 spiro atoms. The highest BCUT2D eigenvalue weighted by Gasteiger charge is 2.47. The SMILES string of the molecule is CC#CCN1C(=O)C2CCCN2C(=O)C1c1ccccc1. The fourth-order valence-corrected chi connectivity index (χ4v) is 3.19. The molecule has 0 saturated carbocycles. The molecule has 3 rings (SSSR count). The van der Waals surface area contributed by atoms with Gasteiger partial charge >= 0.3 is 0 Å². The van der Waals surface area contributed by atoms with Crippen LogP contribution in [0.4, 0.5) is 0 Å². The van der Waals surface area contributed by atoms with Gasteiger partial charge in [0.15, 0.2) is 0 Å². The van der Waals surface area contributed by atoms with Gasteiger partial charge in [0.1, 0.15) is 12.1 Å². The Morgan fingerprint density at radius 2 is 1.95 bits per heavy atom. The molecule has 0 aliphatic carbocycles. The molecule has 0 bridgehead atoms. The van der Waals surface area contributed by atoms with Crippen molar-refractivity contribution in [1.82, 2.24) is 9.80 Å². The van der Waals surface area contributed by atoms with Crippen molar-refractivity contribution in [2.45, 2.75) is 31.8 Å². The molecule has 2 amide bonds. The average molecular weight is 282 g/mol. The molecule has 2 unspecified atom stereocenters. The minimum Gasteiger partial charge on any atom is -0.329 e. The van der Waals surface area contributed by atoms with E-state index in [0.717, 1.165) is 18.4 Å². The highest BCUT2D eigenvalue weighted by Crippen LogP contribution is 2.34. The Morgan fingerprint density at radius 3 is 2.67 bits per heavy atom. The summed E-state index contributed by atoms with van der Waals surface area (Å²) in [6, 6.07) is 8.69. The Hall–Kier alpha value is -2.28. The number of benzene rings is 1. The Bertz CT molecular complexity index is 615. The largest absolute Gasteiger partial charge is 0.329 e. The van der Waals surface area contributed by atoms with Gasteiger partial charge in [-0.15, -0.1) is 5.92 Å². The van der Waals surface area contributed by atoms with Crippen molar-refractivity contribution in [3.8, 4) is 11.8 Å². The lowest BCUT2D eigenvalue weighted by molar-refractivity contribution is -0.159. The summed E-state index contributed by atoms with van der Waals surface area (Å²) >= 11 is 0. The van der Waals surface area contributed by atoms with E-state index in [9.17, 15) is 9.59 Å². The first kappa shape index (κ1) is 13.7. The van der Waals surface area contributed by atoms with Gasteiger partial charge in [0, 0.05) is 6.54 Å². The van der Waals surface area contributed by atoms with Crippen LogP contribution < -0.4 is 0 Å². The van der Waals surface area contributed by atoms with Crippen LogP contribution in [-0.2, 0) is 9.59 Å². The molecule has 2 fully saturated rings. The third-order valence-electron chi connectivity index (χ3n) is 4.19. The third-order valence-corrected chi connectivity index (χ3v) is 4.19. The predicted octanol–water partition coefficient (Wildman–Crippen LogP) is 1.58. The Balaban J connectivity index is 2.01. The summed E-state index contributed by atoms with van der Waals surface area (Å²) < 4.78 is 0.